The summed E-state index contributed by atoms with van der Waals surface area (Å²) < 4.78 is 7.72. The highest BCUT2D eigenvalue weighted by molar-refractivity contribution is 9.10. The SMILES string of the molecule is CC(=O)c1nn(CC(=O)N2C[C@H](C)C[C@H]2C(=O)Nc2cncc(Br)n2)c2ccc(Oc3ncc(C)cn3)cc12. The average molecular weight is 593 g/mol. The van der Waals surface area contributed by atoms with E-state index in [4.69, 9.17) is 4.74 Å². The molecule has 1 aliphatic heterocycles. The van der Waals surface area contributed by atoms with Crippen molar-refractivity contribution in [1.29, 1.82) is 0 Å². The van der Waals surface area contributed by atoms with Crippen molar-refractivity contribution in [3.63, 3.8) is 0 Å². The Balaban J connectivity index is 1.37. The summed E-state index contributed by atoms with van der Waals surface area (Å²) >= 11 is 3.24. The van der Waals surface area contributed by atoms with E-state index < -0.39 is 6.04 Å². The van der Waals surface area contributed by atoms with E-state index in [2.05, 4.69) is 46.3 Å². The molecule has 13 heteroatoms. The molecule has 200 valence electrons. The fraction of sp³-hybridized carbons (Fsp3) is 0.308. The number of Topliss-reactive ketones (excluding diaryl/α,β-unsaturated/α-hetero) is 1. The highest BCUT2D eigenvalue weighted by atomic mass is 79.9. The zero-order valence-electron chi connectivity index (χ0n) is 21.5. The number of anilines is 1. The third kappa shape index (κ3) is 5.77. The standard InChI is InChI=1S/C26H25BrN8O4/c1-14-6-20(25(38)32-22-11-28-10-21(27)31-22)34(12-14)23(37)13-35-19-5-4-17(7-18(19)24(33-35)16(3)36)39-26-29-8-15(2)9-30-26/h4-5,7-11,14,20H,6,12-13H2,1-3H3,(H,31,32,38)/t14-,20+/m1/s1. The minimum Gasteiger partial charge on any atom is -0.424 e. The van der Waals surface area contributed by atoms with Gasteiger partial charge in [0.15, 0.2) is 11.6 Å². The van der Waals surface area contributed by atoms with Crippen LogP contribution in [0.1, 0.15) is 36.3 Å². The summed E-state index contributed by atoms with van der Waals surface area (Å²) in [5, 5.41) is 7.72. The number of hydrogen-bond donors (Lipinski definition) is 1. The van der Waals surface area contributed by atoms with Crippen molar-refractivity contribution in [3.05, 3.63) is 58.8 Å². The number of rotatable bonds is 7. The minimum atomic E-state index is -0.670. The summed E-state index contributed by atoms with van der Waals surface area (Å²) in [6.07, 6.45) is 6.75. The van der Waals surface area contributed by atoms with Gasteiger partial charge in [0.2, 0.25) is 11.8 Å². The van der Waals surface area contributed by atoms with Crippen molar-refractivity contribution < 1.29 is 19.1 Å². The van der Waals surface area contributed by atoms with Gasteiger partial charge in [-0.1, -0.05) is 6.92 Å². The Morgan fingerprint density at radius 2 is 1.92 bits per heavy atom. The van der Waals surface area contributed by atoms with Crippen LogP contribution in [0, 0.1) is 12.8 Å². The lowest BCUT2D eigenvalue weighted by Crippen LogP contribution is -2.44. The topological polar surface area (TPSA) is 145 Å². The van der Waals surface area contributed by atoms with Crippen molar-refractivity contribution in [3.8, 4) is 11.8 Å². The van der Waals surface area contributed by atoms with Crippen molar-refractivity contribution in [2.45, 2.75) is 39.8 Å². The molecule has 39 heavy (non-hydrogen) atoms. The summed E-state index contributed by atoms with van der Waals surface area (Å²) in [5.41, 5.74) is 1.70. The number of benzene rings is 1. The minimum absolute atomic E-state index is 0.129. The Kier molecular flexibility index (Phi) is 7.33. The van der Waals surface area contributed by atoms with Gasteiger partial charge in [0.1, 0.15) is 28.6 Å². The van der Waals surface area contributed by atoms with Crippen molar-refractivity contribution in [2.75, 3.05) is 11.9 Å². The highest BCUT2D eigenvalue weighted by Crippen LogP contribution is 2.28. The molecule has 4 aromatic rings. The molecule has 2 atom stereocenters. The molecule has 1 saturated heterocycles. The van der Waals surface area contributed by atoms with Crippen LogP contribution in [0.15, 0.2) is 47.6 Å². The largest absolute Gasteiger partial charge is 0.424 e. The summed E-state index contributed by atoms with van der Waals surface area (Å²) in [4.78, 5) is 57.0. The van der Waals surface area contributed by atoms with Crippen molar-refractivity contribution in [1.82, 2.24) is 34.6 Å². The first-order chi connectivity index (χ1) is 18.7. The number of likely N-dealkylation sites (tertiary alicyclic amines) is 1. The number of nitrogens with one attached hydrogen (secondary N) is 1. The van der Waals surface area contributed by atoms with E-state index in [0.717, 1.165) is 5.56 Å². The van der Waals surface area contributed by atoms with Gasteiger partial charge in [0.25, 0.3) is 0 Å². The molecule has 0 bridgehead atoms. The van der Waals surface area contributed by atoms with Gasteiger partial charge in [-0.2, -0.15) is 5.10 Å². The van der Waals surface area contributed by atoms with E-state index in [1.54, 1.807) is 35.5 Å². The van der Waals surface area contributed by atoms with Crippen LogP contribution in [0.2, 0.25) is 0 Å². The van der Waals surface area contributed by atoms with Crippen LogP contribution in [-0.2, 0) is 16.1 Å². The van der Waals surface area contributed by atoms with Crippen LogP contribution in [0.4, 0.5) is 5.82 Å². The molecule has 5 rings (SSSR count). The zero-order valence-corrected chi connectivity index (χ0v) is 23.0. The molecule has 4 heterocycles. The number of ketones is 1. The lowest BCUT2D eigenvalue weighted by Gasteiger charge is -2.24. The molecular weight excluding hydrogens is 568 g/mol. The zero-order chi connectivity index (χ0) is 27.7. The Labute approximate surface area is 231 Å². The van der Waals surface area contributed by atoms with Crippen molar-refractivity contribution >= 4 is 50.2 Å². The van der Waals surface area contributed by atoms with Gasteiger partial charge in [-0.3, -0.25) is 24.0 Å². The Hall–Kier alpha value is -4.26. The molecule has 0 spiro atoms. The van der Waals surface area contributed by atoms with Crippen LogP contribution in [-0.4, -0.2) is 64.8 Å². The Morgan fingerprint density at radius 1 is 1.15 bits per heavy atom. The smallest absolute Gasteiger partial charge is 0.321 e. The summed E-state index contributed by atoms with van der Waals surface area (Å²) in [6, 6.07) is 4.61. The van der Waals surface area contributed by atoms with Gasteiger partial charge in [0.05, 0.1) is 17.9 Å². The molecule has 12 nitrogen and oxygen atoms in total. The monoisotopic (exact) mass is 592 g/mol. The van der Waals surface area contributed by atoms with E-state index in [1.807, 2.05) is 13.8 Å². The molecular formula is C26H25BrN8O4. The van der Waals surface area contributed by atoms with Gasteiger partial charge >= 0.3 is 6.01 Å². The number of aromatic nitrogens is 6. The third-order valence-corrected chi connectivity index (χ3v) is 6.68. The number of amides is 2. The van der Waals surface area contributed by atoms with Crippen LogP contribution in [0.25, 0.3) is 10.9 Å². The lowest BCUT2D eigenvalue weighted by molar-refractivity contribution is -0.137. The molecule has 1 aromatic carbocycles. The first-order valence-corrected chi connectivity index (χ1v) is 13.0. The predicted molar refractivity (Wildman–Crippen MR) is 144 cm³/mol. The van der Waals surface area contributed by atoms with E-state index in [-0.39, 0.29) is 41.8 Å². The van der Waals surface area contributed by atoms with E-state index >= 15 is 0 Å². The van der Waals surface area contributed by atoms with Crippen LogP contribution >= 0.6 is 15.9 Å². The Bertz CT molecular complexity index is 1570. The van der Waals surface area contributed by atoms with Gasteiger partial charge in [-0.25, -0.2) is 15.0 Å². The molecule has 0 saturated carbocycles. The third-order valence-electron chi connectivity index (χ3n) is 6.30. The normalized spacial score (nSPS) is 16.9. The van der Waals surface area contributed by atoms with Gasteiger partial charge in [-0.15, -0.1) is 0 Å². The van der Waals surface area contributed by atoms with Gasteiger partial charge < -0.3 is 15.0 Å². The lowest BCUT2D eigenvalue weighted by atomic mass is 10.1. The Morgan fingerprint density at radius 3 is 2.64 bits per heavy atom. The van der Waals surface area contributed by atoms with Crippen LogP contribution < -0.4 is 10.1 Å². The number of carbonyl (C=O) groups excluding carboxylic acids is 3. The average Bonchev–Trinajstić information content (AvgIpc) is 3.46. The number of carbonyl (C=O) groups is 3. The molecule has 0 unspecified atom stereocenters. The van der Waals surface area contributed by atoms with E-state index in [0.29, 0.717) is 40.0 Å². The second kappa shape index (κ2) is 10.8. The molecule has 3 aromatic heterocycles. The van der Waals surface area contributed by atoms with E-state index in [1.165, 1.54) is 24.0 Å². The predicted octanol–water partition coefficient (Wildman–Crippen LogP) is 3.56. The quantitative estimate of drug-likeness (QED) is 0.318. The number of hydrogen-bond acceptors (Lipinski definition) is 9. The van der Waals surface area contributed by atoms with Crippen LogP contribution in [0.5, 0.6) is 11.8 Å². The first kappa shape index (κ1) is 26.4. The molecule has 1 fully saturated rings. The van der Waals surface area contributed by atoms with Crippen LogP contribution in [0.3, 0.4) is 0 Å². The maximum Gasteiger partial charge on any atom is 0.321 e. The van der Waals surface area contributed by atoms with Gasteiger partial charge in [0, 0.05) is 31.2 Å². The number of halogens is 1. The number of nitrogens with zero attached hydrogens (tertiary/aromatic N) is 7. The second-order valence-corrected chi connectivity index (χ2v) is 10.3. The molecule has 1 N–H and O–H groups in total. The number of aryl methyl sites for hydroxylation is 1. The highest BCUT2D eigenvalue weighted by Gasteiger charge is 2.38. The fourth-order valence-electron chi connectivity index (χ4n) is 4.54. The van der Waals surface area contributed by atoms with Gasteiger partial charge in [-0.05, 0) is 59.0 Å². The summed E-state index contributed by atoms with van der Waals surface area (Å²) in [5.74, 6) is -0.0241. The fourth-order valence-corrected chi connectivity index (χ4v) is 4.85. The second-order valence-electron chi connectivity index (χ2n) is 9.51. The molecule has 2 amide bonds. The molecule has 0 aliphatic carbocycles. The van der Waals surface area contributed by atoms with E-state index in [9.17, 15) is 14.4 Å². The number of ether oxygens (including phenoxy) is 1. The summed E-state index contributed by atoms with van der Waals surface area (Å²) in [6.45, 7) is 5.56. The molecule has 0 radical (unpaired) electrons. The number of fused-ring (bicyclic) bond motifs is 1. The maximum absolute atomic E-state index is 13.5. The summed E-state index contributed by atoms with van der Waals surface area (Å²) in [7, 11) is 0. The molecule has 1 aliphatic rings. The maximum atomic E-state index is 13.5. The first-order valence-electron chi connectivity index (χ1n) is 12.2. The van der Waals surface area contributed by atoms with Crippen molar-refractivity contribution in [2.24, 2.45) is 5.92 Å².